The molecular formula is C14H27NO2. The maximum atomic E-state index is 5.59. The number of nitrogens with zero attached hydrogens (tertiary/aromatic N) is 1. The fourth-order valence-corrected chi connectivity index (χ4v) is 2.89. The standard InChI is InChI=1S/C14H27NO2/c1-15(13-7-4-2-3-5-8-13)10-9-14-16-11-6-12-17-14/h13-14H,2-12H2,1H3. The van der Waals surface area contributed by atoms with Gasteiger partial charge in [-0.15, -0.1) is 0 Å². The van der Waals surface area contributed by atoms with Gasteiger partial charge >= 0.3 is 0 Å². The van der Waals surface area contributed by atoms with Crippen LogP contribution in [0.3, 0.4) is 0 Å². The lowest BCUT2D eigenvalue weighted by Crippen LogP contribution is -2.35. The van der Waals surface area contributed by atoms with E-state index in [1.807, 2.05) is 0 Å². The molecule has 0 aromatic carbocycles. The summed E-state index contributed by atoms with van der Waals surface area (Å²) < 4.78 is 11.2. The molecule has 2 fully saturated rings. The highest BCUT2D eigenvalue weighted by molar-refractivity contribution is 4.72. The largest absolute Gasteiger partial charge is 0.353 e. The van der Waals surface area contributed by atoms with Gasteiger partial charge in [0.2, 0.25) is 0 Å². The first kappa shape index (κ1) is 13.3. The zero-order valence-corrected chi connectivity index (χ0v) is 11.2. The first-order valence-corrected chi connectivity index (χ1v) is 7.30. The zero-order chi connectivity index (χ0) is 11.9. The van der Waals surface area contributed by atoms with Gasteiger partial charge in [-0.05, 0) is 26.3 Å². The number of ether oxygens (including phenoxy) is 2. The average molecular weight is 241 g/mol. The molecular weight excluding hydrogens is 214 g/mol. The van der Waals surface area contributed by atoms with Gasteiger partial charge in [-0.3, -0.25) is 0 Å². The van der Waals surface area contributed by atoms with E-state index in [2.05, 4.69) is 11.9 Å². The zero-order valence-electron chi connectivity index (χ0n) is 11.2. The number of rotatable bonds is 4. The molecule has 0 atom stereocenters. The first-order chi connectivity index (χ1) is 8.36. The van der Waals surface area contributed by atoms with Crippen molar-refractivity contribution in [1.82, 2.24) is 4.90 Å². The Hall–Kier alpha value is -0.120. The van der Waals surface area contributed by atoms with Crippen LogP contribution in [0.25, 0.3) is 0 Å². The highest BCUT2D eigenvalue weighted by atomic mass is 16.7. The van der Waals surface area contributed by atoms with Crippen molar-refractivity contribution in [2.75, 3.05) is 26.8 Å². The van der Waals surface area contributed by atoms with Gasteiger partial charge in [-0.25, -0.2) is 0 Å². The van der Waals surface area contributed by atoms with Crippen LogP contribution < -0.4 is 0 Å². The lowest BCUT2D eigenvalue weighted by Gasteiger charge is -2.30. The first-order valence-electron chi connectivity index (χ1n) is 7.30. The van der Waals surface area contributed by atoms with Crippen molar-refractivity contribution >= 4 is 0 Å². The maximum absolute atomic E-state index is 5.59. The Morgan fingerprint density at radius 2 is 1.59 bits per heavy atom. The van der Waals surface area contributed by atoms with Crippen molar-refractivity contribution in [2.45, 2.75) is 63.7 Å². The molecule has 0 radical (unpaired) electrons. The Bertz CT molecular complexity index is 196. The van der Waals surface area contributed by atoms with E-state index in [4.69, 9.17) is 9.47 Å². The Balaban J connectivity index is 1.66. The average Bonchev–Trinajstić information content (AvgIpc) is 2.66. The van der Waals surface area contributed by atoms with Gasteiger partial charge in [0.15, 0.2) is 6.29 Å². The number of hydrogen-bond acceptors (Lipinski definition) is 3. The molecule has 2 rings (SSSR count). The summed E-state index contributed by atoms with van der Waals surface area (Å²) in [6, 6.07) is 0.793. The monoisotopic (exact) mass is 241 g/mol. The van der Waals surface area contributed by atoms with E-state index in [1.165, 1.54) is 38.5 Å². The molecule has 17 heavy (non-hydrogen) atoms. The molecule has 0 unspecified atom stereocenters. The van der Waals surface area contributed by atoms with Gasteiger partial charge in [0, 0.05) is 19.0 Å². The summed E-state index contributed by atoms with van der Waals surface area (Å²) in [5.74, 6) is 0. The molecule has 1 heterocycles. The van der Waals surface area contributed by atoms with Crippen LogP contribution in [0.4, 0.5) is 0 Å². The van der Waals surface area contributed by atoms with Crippen LogP contribution in [-0.4, -0.2) is 44.0 Å². The molecule has 0 aromatic heterocycles. The molecule has 0 bridgehead atoms. The van der Waals surface area contributed by atoms with Crippen molar-refractivity contribution < 1.29 is 9.47 Å². The van der Waals surface area contributed by atoms with Crippen LogP contribution in [0.5, 0.6) is 0 Å². The summed E-state index contributed by atoms with van der Waals surface area (Å²) >= 11 is 0. The van der Waals surface area contributed by atoms with Gasteiger partial charge in [-0.2, -0.15) is 0 Å². The SMILES string of the molecule is CN(CCC1OCCCO1)C1CCCCCC1. The lowest BCUT2D eigenvalue weighted by molar-refractivity contribution is -0.182. The quantitative estimate of drug-likeness (QED) is 0.706. The van der Waals surface area contributed by atoms with E-state index in [-0.39, 0.29) is 6.29 Å². The van der Waals surface area contributed by atoms with Crippen molar-refractivity contribution in [2.24, 2.45) is 0 Å². The van der Waals surface area contributed by atoms with Gasteiger partial charge in [0.1, 0.15) is 0 Å². The Morgan fingerprint density at radius 1 is 0.941 bits per heavy atom. The van der Waals surface area contributed by atoms with Gasteiger partial charge in [0.25, 0.3) is 0 Å². The minimum atomic E-state index is 0.0528. The fourth-order valence-electron chi connectivity index (χ4n) is 2.89. The minimum Gasteiger partial charge on any atom is -0.353 e. The topological polar surface area (TPSA) is 21.7 Å². The normalized spacial score (nSPS) is 25.1. The summed E-state index contributed by atoms with van der Waals surface area (Å²) in [6.07, 6.45) is 10.6. The second-order valence-corrected chi connectivity index (χ2v) is 5.44. The van der Waals surface area contributed by atoms with Crippen LogP contribution in [0.2, 0.25) is 0 Å². The third kappa shape index (κ3) is 4.57. The summed E-state index contributed by atoms with van der Waals surface area (Å²) in [5.41, 5.74) is 0. The van der Waals surface area contributed by atoms with Crippen molar-refractivity contribution in [1.29, 1.82) is 0 Å². The lowest BCUT2D eigenvalue weighted by atomic mass is 10.1. The van der Waals surface area contributed by atoms with Crippen LogP contribution in [0.1, 0.15) is 51.4 Å². The number of hydrogen-bond donors (Lipinski definition) is 0. The van der Waals surface area contributed by atoms with E-state index in [0.717, 1.165) is 38.6 Å². The maximum Gasteiger partial charge on any atom is 0.158 e. The molecule has 0 spiro atoms. The highest BCUT2D eigenvalue weighted by Gasteiger charge is 2.19. The van der Waals surface area contributed by atoms with Gasteiger partial charge in [0.05, 0.1) is 13.2 Å². The molecule has 0 aromatic rings. The Labute approximate surface area is 105 Å². The van der Waals surface area contributed by atoms with Crippen molar-refractivity contribution in [3.8, 4) is 0 Å². The predicted octanol–water partition coefficient (Wildman–Crippen LogP) is 2.79. The van der Waals surface area contributed by atoms with Gasteiger partial charge < -0.3 is 14.4 Å². The van der Waals surface area contributed by atoms with Crippen LogP contribution in [-0.2, 0) is 9.47 Å². The van der Waals surface area contributed by atoms with Crippen LogP contribution in [0, 0.1) is 0 Å². The molecule has 100 valence electrons. The van der Waals surface area contributed by atoms with E-state index in [1.54, 1.807) is 0 Å². The van der Waals surface area contributed by atoms with Gasteiger partial charge in [-0.1, -0.05) is 25.7 Å². The molecule has 1 aliphatic carbocycles. The van der Waals surface area contributed by atoms with Crippen molar-refractivity contribution in [3.63, 3.8) is 0 Å². The van der Waals surface area contributed by atoms with E-state index >= 15 is 0 Å². The van der Waals surface area contributed by atoms with Crippen LogP contribution >= 0.6 is 0 Å². The minimum absolute atomic E-state index is 0.0528. The molecule has 0 N–H and O–H groups in total. The molecule has 0 amide bonds. The third-order valence-corrected chi connectivity index (χ3v) is 4.06. The summed E-state index contributed by atoms with van der Waals surface area (Å²) in [5, 5.41) is 0. The van der Waals surface area contributed by atoms with E-state index in [9.17, 15) is 0 Å². The predicted molar refractivity (Wildman–Crippen MR) is 69.0 cm³/mol. The smallest absolute Gasteiger partial charge is 0.158 e. The third-order valence-electron chi connectivity index (χ3n) is 4.06. The summed E-state index contributed by atoms with van der Waals surface area (Å²) in [4.78, 5) is 2.52. The summed E-state index contributed by atoms with van der Waals surface area (Å²) in [7, 11) is 2.26. The second-order valence-electron chi connectivity index (χ2n) is 5.44. The fraction of sp³-hybridized carbons (Fsp3) is 1.00. The van der Waals surface area contributed by atoms with E-state index in [0.29, 0.717) is 0 Å². The van der Waals surface area contributed by atoms with Crippen molar-refractivity contribution in [3.05, 3.63) is 0 Å². The van der Waals surface area contributed by atoms with Crippen LogP contribution in [0.15, 0.2) is 0 Å². The molecule has 1 saturated carbocycles. The highest BCUT2D eigenvalue weighted by Crippen LogP contribution is 2.21. The molecule has 2 aliphatic rings. The summed E-state index contributed by atoms with van der Waals surface area (Å²) in [6.45, 7) is 2.85. The Morgan fingerprint density at radius 3 is 2.24 bits per heavy atom. The molecule has 3 heteroatoms. The Kier molecular flexibility index (Phi) is 5.75. The van der Waals surface area contributed by atoms with E-state index < -0.39 is 0 Å². The molecule has 1 aliphatic heterocycles. The second kappa shape index (κ2) is 7.34. The molecule has 3 nitrogen and oxygen atoms in total. The molecule has 1 saturated heterocycles.